The van der Waals surface area contributed by atoms with Gasteiger partial charge in [0.2, 0.25) is 0 Å². The fraction of sp³-hybridized carbons (Fsp3) is 0.400. The fourth-order valence-electron chi connectivity index (χ4n) is 5.43. The number of benzene rings is 1. The first-order valence-corrected chi connectivity index (χ1v) is 12.1. The van der Waals surface area contributed by atoms with E-state index < -0.39 is 0 Å². The Morgan fingerprint density at radius 2 is 1.91 bits per heavy atom. The van der Waals surface area contributed by atoms with Crippen molar-refractivity contribution in [2.24, 2.45) is 7.05 Å². The van der Waals surface area contributed by atoms with Gasteiger partial charge in [-0.1, -0.05) is 0 Å². The molecule has 0 saturated heterocycles. The van der Waals surface area contributed by atoms with Crippen LogP contribution in [-0.2, 0) is 13.6 Å². The number of H-pyrrole nitrogens is 1. The van der Waals surface area contributed by atoms with Crippen LogP contribution in [0, 0.1) is 13.8 Å². The third kappa shape index (κ3) is 3.93. The minimum atomic E-state index is -0.0337. The minimum absolute atomic E-state index is 0.0337. The van der Waals surface area contributed by atoms with E-state index in [1.165, 1.54) is 0 Å². The zero-order valence-corrected chi connectivity index (χ0v) is 20.2. The summed E-state index contributed by atoms with van der Waals surface area (Å²) in [6, 6.07) is 6.97. The minimum Gasteiger partial charge on any atom is -0.307 e. The first kappa shape index (κ1) is 21.7. The van der Waals surface area contributed by atoms with Gasteiger partial charge in [-0.05, 0) is 74.4 Å². The van der Waals surface area contributed by atoms with Crippen molar-refractivity contribution in [3.63, 3.8) is 0 Å². The number of imidazole rings is 1. The predicted molar refractivity (Wildman–Crippen MR) is 133 cm³/mol. The predicted octanol–water partition coefficient (Wildman–Crippen LogP) is 3.06. The Bertz CT molecular complexity index is 1580. The van der Waals surface area contributed by atoms with E-state index in [4.69, 9.17) is 0 Å². The topological polar surface area (TPSA) is 111 Å². The van der Waals surface area contributed by atoms with Crippen molar-refractivity contribution >= 4 is 16.7 Å². The van der Waals surface area contributed by atoms with E-state index >= 15 is 0 Å². The molecule has 1 aliphatic carbocycles. The monoisotopic (exact) mass is 471 g/mol. The number of rotatable bonds is 5. The van der Waals surface area contributed by atoms with Crippen LogP contribution in [0.4, 0.5) is 0 Å². The average Bonchev–Trinajstić information content (AvgIpc) is 3.56. The third-order valence-corrected chi connectivity index (χ3v) is 7.19. The van der Waals surface area contributed by atoms with E-state index in [-0.39, 0.29) is 11.7 Å². The third-order valence-electron chi connectivity index (χ3n) is 7.19. The first-order chi connectivity index (χ1) is 17.0. The highest BCUT2D eigenvalue weighted by Crippen LogP contribution is 2.33. The number of aryl methyl sites for hydroxylation is 3. The highest BCUT2D eigenvalue weighted by Gasteiger charge is 2.25. The quantitative estimate of drug-likeness (QED) is 0.408. The van der Waals surface area contributed by atoms with Crippen LogP contribution in [-0.4, -0.2) is 45.0 Å². The van der Waals surface area contributed by atoms with Gasteiger partial charge < -0.3 is 10.3 Å². The normalized spacial score (nSPS) is 18.6. The molecule has 1 fully saturated rings. The van der Waals surface area contributed by atoms with Crippen LogP contribution in [0.3, 0.4) is 0 Å². The Labute approximate surface area is 202 Å². The highest BCUT2D eigenvalue weighted by atomic mass is 16.1. The maximum atomic E-state index is 13.0. The molecule has 10 heteroatoms. The van der Waals surface area contributed by atoms with Gasteiger partial charge in [-0.15, -0.1) is 0 Å². The first-order valence-electron chi connectivity index (χ1n) is 12.1. The van der Waals surface area contributed by atoms with E-state index in [0.717, 1.165) is 70.4 Å². The summed E-state index contributed by atoms with van der Waals surface area (Å²) in [6.07, 6.45) is 9.24. The molecule has 0 atom stereocenters. The van der Waals surface area contributed by atoms with E-state index in [1.54, 1.807) is 21.9 Å². The summed E-state index contributed by atoms with van der Waals surface area (Å²) in [4.78, 5) is 24.7. The number of hydrogen-bond acceptors (Lipinski definition) is 6. The number of pyridine rings is 1. The van der Waals surface area contributed by atoms with Crippen molar-refractivity contribution in [3.05, 3.63) is 64.5 Å². The van der Waals surface area contributed by atoms with Crippen LogP contribution in [0.5, 0.6) is 0 Å². The Morgan fingerprint density at radius 3 is 2.69 bits per heavy atom. The van der Waals surface area contributed by atoms with Crippen molar-refractivity contribution < 1.29 is 0 Å². The average molecular weight is 472 g/mol. The maximum absolute atomic E-state index is 13.0. The van der Waals surface area contributed by atoms with Crippen LogP contribution in [0.15, 0.2) is 41.8 Å². The van der Waals surface area contributed by atoms with Gasteiger partial charge in [0.15, 0.2) is 11.5 Å². The second-order valence-electron chi connectivity index (χ2n) is 9.65. The van der Waals surface area contributed by atoms with E-state index in [9.17, 15) is 4.79 Å². The molecule has 10 nitrogen and oxygen atoms in total. The van der Waals surface area contributed by atoms with Gasteiger partial charge in [-0.2, -0.15) is 10.2 Å². The van der Waals surface area contributed by atoms with Crippen LogP contribution in [0.1, 0.15) is 48.7 Å². The summed E-state index contributed by atoms with van der Waals surface area (Å²) in [5, 5.41) is 12.2. The van der Waals surface area contributed by atoms with Gasteiger partial charge in [-0.25, -0.2) is 19.3 Å². The summed E-state index contributed by atoms with van der Waals surface area (Å²) in [5.41, 5.74) is 7.00. The molecule has 4 heterocycles. The zero-order chi connectivity index (χ0) is 24.1. The molecule has 6 rings (SSSR count). The van der Waals surface area contributed by atoms with E-state index in [1.807, 2.05) is 24.7 Å². The largest absolute Gasteiger partial charge is 0.326 e. The molecule has 35 heavy (non-hydrogen) atoms. The molecular formula is C25H29N9O. The molecule has 1 aliphatic rings. The molecule has 2 N–H and O–H groups in total. The molecule has 1 aromatic carbocycles. The van der Waals surface area contributed by atoms with Crippen molar-refractivity contribution in [2.75, 3.05) is 0 Å². The summed E-state index contributed by atoms with van der Waals surface area (Å²) >= 11 is 0. The zero-order valence-electron chi connectivity index (χ0n) is 20.2. The molecule has 0 aliphatic heterocycles. The van der Waals surface area contributed by atoms with Gasteiger partial charge >= 0.3 is 5.69 Å². The number of nitrogens with one attached hydrogen (secondary N) is 2. The highest BCUT2D eigenvalue weighted by molar-refractivity contribution is 5.84. The summed E-state index contributed by atoms with van der Waals surface area (Å²) in [7, 11) is 1.88. The second-order valence-corrected chi connectivity index (χ2v) is 9.65. The van der Waals surface area contributed by atoms with E-state index in [2.05, 4.69) is 55.6 Å². The number of hydrogen-bond donors (Lipinski definition) is 2. The molecule has 0 unspecified atom stereocenters. The molecular weight excluding hydrogens is 442 g/mol. The van der Waals surface area contributed by atoms with Gasteiger partial charge in [-0.3, -0.25) is 9.25 Å². The summed E-state index contributed by atoms with van der Waals surface area (Å²) < 4.78 is 5.49. The lowest BCUT2D eigenvalue weighted by Gasteiger charge is -2.29. The molecule has 0 spiro atoms. The van der Waals surface area contributed by atoms with Crippen molar-refractivity contribution in [3.8, 4) is 11.1 Å². The van der Waals surface area contributed by atoms with Gasteiger partial charge in [0.25, 0.3) is 0 Å². The van der Waals surface area contributed by atoms with Crippen LogP contribution < -0.4 is 11.0 Å². The Morgan fingerprint density at radius 1 is 1.09 bits per heavy atom. The second kappa shape index (κ2) is 8.46. The Hall–Kier alpha value is -3.79. The lowest BCUT2D eigenvalue weighted by molar-refractivity contribution is 0.289. The Balaban J connectivity index is 1.24. The number of nitrogens with zero attached hydrogens (tertiary/aromatic N) is 7. The van der Waals surface area contributed by atoms with Gasteiger partial charge in [0.05, 0.1) is 17.6 Å². The SMILES string of the molecule is Cc1cc2c(cc1-c1cc(C)c3ncnn3c1)[nH]c(=O)n2C1CCC(NCc2ncn(C)n2)CC1. The fourth-order valence-corrected chi connectivity index (χ4v) is 5.43. The smallest absolute Gasteiger partial charge is 0.307 e. The standard InChI is InChI=1S/C25H29N9O/c1-15-9-22-21(10-20(15)17-8-16(2)24-27-13-29-33(24)12-17)30-25(35)34(22)19-6-4-18(5-7-19)26-11-23-28-14-32(3)31-23/h8-10,12-14,18-19,26H,4-7,11H2,1-3H3,(H,30,35). The summed E-state index contributed by atoms with van der Waals surface area (Å²) in [6.45, 7) is 4.81. The molecule has 0 bridgehead atoms. The lowest BCUT2D eigenvalue weighted by atomic mass is 9.90. The van der Waals surface area contributed by atoms with E-state index in [0.29, 0.717) is 12.6 Å². The van der Waals surface area contributed by atoms with Crippen LogP contribution in [0.25, 0.3) is 27.8 Å². The van der Waals surface area contributed by atoms with Gasteiger partial charge in [0, 0.05) is 30.9 Å². The molecule has 0 radical (unpaired) electrons. The van der Waals surface area contributed by atoms with Crippen molar-refractivity contribution in [1.29, 1.82) is 0 Å². The van der Waals surface area contributed by atoms with Crippen molar-refractivity contribution in [2.45, 2.75) is 58.2 Å². The van der Waals surface area contributed by atoms with Crippen molar-refractivity contribution in [1.82, 2.24) is 44.2 Å². The van der Waals surface area contributed by atoms with Crippen LogP contribution in [0.2, 0.25) is 0 Å². The molecule has 180 valence electrons. The van der Waals surface area contributed by atoms with Gasteiger partial charge in [0.1, 0.15) is 12.7 Å². The Kier molecular flexibility index (Phi) is 5.25. The molecule has 5 aromatic rings. The number of fused-ring (bicyclic) bond motifs is 2. The molecule has 4 aromatic heterocycles. The summed E-state index contributed by atoms with van der Waals surface area (Å²) in [5.74, 6) is 0.812. The molecule has 0 amide bonds. The molecule has 1 saturated carbocycles. The van der Waals surface area contributed by atoms with Crippen LogP contribution >= 0.6 is 0 Å². The number of aromatic amines is 1. The maximum Gasteiger partial charge on any atom is 0.326 e. The number of aromatic nitrogens is 8. The lowest BCUT2D eigenvalue weighted by Crippen LogP contribution is -2.35.